The lowest BCUT2D eigenvalue weighted by atomic mass is 10.1. The minimum atomic E-state index is -2.26. The summed E-state index contributed by atoms with van der Waals surface area (Å²) < 4.78 is 5.44. The number of ether oxygens (including phenoxy) is 1. The molecule has 3 aromatic carbocycles. The lowest BCUT2D eigenvalue weighted by molar-refractivity contribution is 0.122. The number of morpholine rings is 1. The number of benzene rings is 3. The van der Waals surface area contributed by atoms with E-state index >= 15 is 0 Å². The quantitative estimate of drug-likeness (QED) is 0.362. The Bertz CT molecular complexity index is 990. The van der Waals surface area contributed by atoms with E-state index in [4.69, 9.17) is 21.6 Å². The predicted molar refractivity (Wildman–Crippen MR) is 131 cm³/mol. The van der Waals surface area contributed by atoms with Crippen LogP contribution in [0.2, 0.25) is 0 Å². The monoisotopic (exact) mass is 435 g/mol. The van der Waals surface area contributed by atoms with Crippen LogP contribution in [-0.2, 0) is 16.5 Å². The zero-order chi connectivity index (χ0) is 20.8. The predicted octanol–water partition coefficient (Wildman–Crippen LogP) is 3.88. The van der Waals surface area contributed by atoms with E-state index in [-0.39, 0.29) is 0 Å². The molecule has 0 bridgehead atoms. The van der Waals surface area contributed by atoms with E-state index in [2.05, 4.69) is 58.6 Å². The van der Waals surface area contributed by atoms with Crippen molar-refractivity contribution in [3.63, 3.8) is 0 Å². The molecule has 4 rings (SSSR count). The first-order valence-corrected chi connectivity index (χ1v) is 12.9. The van der Waals surface area contributed by atoms with Crippen molar-refractivity contribution in [1.82, 2.24) is 5.20 Å². The zero-order valence-corrected chi connectivity index (χ0v) is 18.8. The summed E-state index contributed by atoms with van der Waals surface area (Å²) in [5.74, 6) is 0. The summed E-state index contributed by atoms with van der Waals surface area (Å²) in [5.41, 5.74) is 3.23. The van der Waals surface area contributed by atoms with Gasteiger partial charge < -0.3 is 9.64 Å². The minimum absolute atomic E-state index is 0.787. The Morgan fingerprint density at radius 3 is 1.93 bits per heavy atom. The second kappa shape index (κ2) is 9.57. The zero-order valence-electron chi connectivity index (χ0n) is 17.1. The topological polar surface area (TPSA) is 36.9 Å². The summed E-state index contributed by atoms with van der Waals surface area (Å²) in [6, 6.07) is 29.1. The largest absolute Gasteiger partial charge is 0.378 e. The first kappa shape index (κ1) is 20.8. The van der Waals surface area contributed by atoms with Crippen LogP contribution in [0.5, 0.6) is 0 Å². The maximum Gasteiger partial charge on any atom is 0.106 e. The number of rotatable bonds is 6. The van der Waals surface area contributed by atoms with Crippen molar-refractivity contribution in [3.8, 4) is 0 Å². The fourth-order valence-electron chi connectivity index (χ4n) is 3.49. The maximum absolute atomic E-state index is 6.18. The van der Waals surface area contributed by atoms with Crippen molar-refractivity contribution < 1.29 is 4.74 Å². The van der Waals surface area contributed by atoms with Crippen LogP contribution in [0.4, 0.5) is 5.69 Å². The molecule has 0 aliphatic carbocycles. The molecule has 0 aromatic heterocycles. The Hall–Kier alpha value is -2.46. The molecule has 1 N–H and O–H groups in total. The molecule has 0 atom stereocenters. The van der Waals surface area contributed by atoms with Gasteiger partial charge in [-0.3, -0.25) is 5.20 Å². The second-order valence-electron chi connectivity index (χ2n) is 7.22. The Balaban J connectivity index is 1.57. The molecule has 1 saturated heterocycles. The molecule has 0 spiro atoms. The highest BCUT2D eigenvalue weighted by Gasteiger charge is 2.21. The molecular formula is C24H26N3OPS. The van der Waals surface area contributed by atoms with Gasteiger partial charge in [0.2, 0.25) is 0 Å². The van der Waals surface area contributed by atoms with Gasteiger partial charge >= 0.3 is 0 Å². The van der Waals surface area contributed by atoms with Crippen LogP contribution >= 0.6 is 6.19 Å². The van der Waals surface area contributed by atoms with Gasteiger partial charge in [-0.25, -0.2) is 0 Å². The summed E-state index contributed by atoms with van der Waals surface area (Å²) in [5, 5.41) is 10.3. The molecule has 1 fully saturated rings. The number of anilines is 1. The Kier molecular flexibility index (Phi) is 6.63. The number of hydrazone groups is 1. The summed E-state index contributed by atoms with van der Waals surface area (Å²) in [6.07, 6.45) is -2.26. The molecule has 0 radical (unpaired) electrons. The Morgan fingerprint density at radius 2 is 1.40 bits per heavy atom. The highest BCUT2D eigenvalue weighted by atomic mass is 32.4. The fourth-order valence-corrected chi connectivity index (χ4v) is 6.34. The van der Waals surface area contributed by atoms with Crippen molar-refractivity contribution in [2.75, 3.05) is 31.2 Å². The van der Waals surface area contributed by atoms with E-state index in [1.807, 2.05) is 43.3 Å². The average molecular weight is 436 g/mol. The molecule has 1 heterocycles. The van der Waals surface area contributed by atoms with Gasteiger partial charge in [0, 0.05) is 29.4 Å². The van der Waals surface area contributed by atoms with E-state index in [0.29, 0.717) is 0 Å². The van der Waals surface area contributed by atoms with Gasteiger partial charge in [-0.2, -0.15) is 5.10 Å². The molecule has 3 aromatic rings. The third-order valence-corrected chi connectivity index (χ3v) is 9.20. The van der Waals surface area contributed by atoms with Crippen LogP contribution in [0.3, 0.4) is 0 Å². The van der Waals surface area contributed by atoms with E-state index in [9.17, 15) is 0 Å². The second-order valence-corrected chi connectivity index (χ2v) is 11.3. The number of hydrogen-bond acceptors (Lipinski definition) is 4. The average Bonchev–Trinajstić information content (AvgIpc) is 2.84. The van der Waals surface area contributed by atoms with Crippen LogP contribution in [0, 0.1) is 0 Å². The minimum Gasteiger partial charge on any atom is -0.378 e. The molecule has 0 saturated carbocycles. The Labute approximate surface area is 183 Å². The number of nitrogens with one attached hydrogen (secondary N) is 1. The van der Waals surface area contributed by atoms with Gasteiger partial charge in [0.05, 0.1) is 18.9 Å². The molecule has 6 heteroatoms. The van der Waals surface area contributed by atoms with E-state index < -0.39 is 6.19 Å². The first-order valence-electron chi connectivity index (χ1n) is 10.1. The first-order chi connectivity index (χ1) is 14.7. The van der Waals surface area contributed by atoms with Crippen LogP contribution in [-0.4, -0.2) is 32.0 Å². The van der Waals surface area contributed by atoms with Crippen LogP contribution in [0.1, 0.15) is 12.5 Å². The molecule has 1 aliphatic rings. The SMILES string of the molecule is CC(=NNP(=S)(c1ccccc1)c1ccccc1)c1ccc(N2CCOCC2)cc1. The van der Waals surface area contributed by atoms with Crippen molar-refractivity contribution >= 4 is 40.0 Å². The van der Waals surface area contributed by atoms with E-state index in [1.165, 1.54) is 5.69 Å². The van der Waals surface area contributed by atoms with Crippen LogP contribution in [0.15, 0.2) is 90.0 Å². The molecule has 1 aliphatic heterocycles. The van der Waals surface area contributed by atoms with Crippen molar-refractivity contribution in [1.29, 1.82) is 0 Å². The highest BCUT2D eigenvalue weighted by Crippen LogP contribution is 2.39. The van der Waals surface area contributed by atoms with Crippen molar-refractivity contribution in [3.05, 3.63) is 90.5 Å². The Morgan fingerprint density at radius 1 is 0.867 bits per heavy atom. The van der Waals surface area contributed by atoms with Gasteiger partial charge in [-0.05, 0) is 24.6 Å². The third-order valence-electron chi connectivity index (χ3n) is 5.26. The third kappa shape index (κ3) is 4.65. The van der Waals surface area contributed by atoms with E-state index in [0.717, 1.165) is 48.2 Å². The normalized spacial score (nSPS) is 15.1. The van der Waals surface area contributed by atoms with Gasteiger partial charge in [0.1, 0.15) is 6.19 Å². The molecular weight excluding hydrogens is 409 g/mol. The number of nitrogens with zero attached hydrogens (tertiary/aromatic N) is 2. The summed E-state index contributed by atoms with van der Waals surface area (Å²) >= 11 is 6.18. The molecule has 4 nitrogen and oxygen atoms in total. The lowest BCUT2D eigenvalue weighted by Crippen LogP contribution is -2.36. The molecule has 154 valence electrons. The fraction of sp³-hybridized carbons (Fsp3) is 0.208. The highest BCUT2D eigenvalue weighted by molar-refractivity contribution is 8.20. The molecule has 0 amide bonds. The summed E-state index contributed by atoms with van der Waals surface area (Å²) in [6.45, 7) is 5.47. The maximum atomic E-state index is 6.18. The summed E-state index contributed by atoms with van der Waals surface area (Å²) in [4.78, 5) is 2.35. The van der Waals surface area contributed by atoms with Crippen LogP contribution < -0.4 is 20.7 Å². The molecule has 30 heavy (non-hydrogen) atoms. The van der Waals surface area contributed by atoms with Crippen LogP contribution in [0.25, 0.3) is 0 Å². The summed E-state index contributed by atoms with van der Waals surface area (Å²) in [7, 11) is 0. The standard InChI is InChI=1S/C24H26N3OPS/c1-20(21-12-14-22(15-13-21)27-16-18-28-19-17-27)25-26-29(30,23-8-4-2-5-9-23)24-10-6-3-7-11-24/h2-15H,16-19H2,1H3,(H,26,30). The number of hydrogen-bond donors (Lipinski definition) is 1. The van der Waals surface area contributed by atoms with Crippen molar-refractivity contribution in [2.24, 2.45) is 5.10 Å². The molecule has 0 unspecified atom stereocenters. The van der Waals surface area contributed by atoms with Crippen molar-refractivity contribution in [2.45, 2.75) is 6.92 Å². The lowest BCUT2D eigenvalue weighted by Gasteiger charge is -2.29. The van der Waals surface area contributed by atoms with Gasteiger partial charge in [-0.15, -0.1) is 0 Å². The van der Waals surface area contributed by atoms with Gasteiger partial charge in [-0.1, -0.05) is 84.6 Å². The smallest absolute Gasteiger partial charge is 0.106 e. The van der Waals surface area contributed by atoms with Gasteiger partial charge in [0.15, 0.2) is 0 Å². The van der Waals surface area contributed by atoms with E-state index in [1.54, 1.807) is 0 Å². The van der Waals surface area contributed by atoms with Gasteiger partial charge in [0.25, 0.3) is 0 Å².